The average molecular weight is 451 g/mol. The number of likely N-dealkylation sites (N-methyl/N-ethyl adjacent to an activating group) is 1. The van der Waals surface area contributed by atoms with Gasteiger partial charge in [-0.05, 0) is 49.9 Å². The highest BCUT2D eigenvalue weighted by Crippen LogP contribution is 2.50. The maximum Gasteiger partial charge on any atom is 0.318 e. The molecule has 3 fully saturated rings. The van der Waals surface area contributed by atoms with E-state index in [0.717, 1.165) is 55.8 Å². The first-order valence-electron chi connectivity index (χ1n) is 11.6. The van der Waals surface area contributed by atoms with Crippen molar-refractivity contribution in [1.82, 2.24) is 20.2 Å². The Morgan fingerprint density at radius 3 is 2.42 bits per heavy atom. The van der Waals surface area contributed by atoms with Gasteiger partial charge in [0.25, 0.3) is 0 Å². The molecule has 2 N–H and O–H groups in total. The molecule has 1 aliphatic heterocycles. The van der Waals surface area contributed by atoms with E-state index < -0.39 is 5.41 Å². The molecule has 33 heavy (non-hydrogen) atoms. The molecule has 0 radical (unpaired) electrons. The fourth-order valence-electron chi connectivity index (χ4n) is 4.33. The second kappa shape index (κ2) is 8.62. The molecule has 3 amide bonds. The van der Waals surface area contributed by atoms with Crippen LogP contribution in [0.2, 0.25) is 0 Å². The predicted molar refractivity (Wildman–Crippen MR) is 125 cm³/mol. The maximum absolute atomic E-state index is 13.4. The van der Waals surface area contributed by atoms with Crippen molar-refractivity contribution in [1.29, 1.82) is 0 Å². The van der Waals surface area contributed by atoms with Gasteiger partial charge in [-0.1, -0.05) is 0 Å². The van der Waals surface area contributed by atoms with Gasteiger partial charge in [0.1, 0.15) is 5.82 Å². The van der Waals surface area contributed by atoms with Crippen LogP contribution in [-0.2, 0) is 14.9 Å². The maximum atomic E-state index is 13.4. The summed E-state index contributed by atoms with van der Waals surface area (Å²) in [5.41, 5.74) is 1.78. The van der Waals surface area contributed by atoms with E-state index in [1.165, 1.54) is 0 Å². The van der Waals surface area contributed by atoms with Gasteiger partial charge in [0.15, 0.2) is 5.82 Å². The van der Waals surface area contributed by atoms with Crippen LogP contribution in [0.3, 0.4) is 0 Å². The summed E-state index contributed by atoms with van der Waals surface area (Å²) in [6.45, 7) is 2.83. The van der Waals surface area contributed by atoms with Gasteiger partial charge in [-0.2, -0.15) is 0 Å². The molecule has 2 saturated carbocycles. The Kier molecular flexibility index (Phi) is 5.65. The third kappa shape index (κ3) is 4.37. The first-order valence-corrected chi connectivity index (χ1v) is 11.6. The van der Waals surface area contributed by atoms with Crippen molar-refractivity contribution in [2.24, 2.45) is 0 Å². The van der Waals surface area contributed by atoms with Crippen LogP contribution < -0.4 is 15.5 Å². The molecule has 1 saturated heterocycles. The van der Waals surface area contributed by atoms with Gasteiger partial charge < -0.3 is 25.2 Å². The number of nitrogens with zero attached hydrogens (tertiary/aromatic N) is 4. The van der Waals surface area contributed by atoms with E-state index in [1.807, 2.05) is 42.3 Å². The lowest BCUT2D eigenvalue weighted by molar-refractivity contribution is -0.133. The number of rotatable bonds is 6. The Morgan fingerprint density at radius 2 is 1.82 bits per heavy atom. The Morgan fingerprint density at radius 1 is 1.12 bits per heavy atom. The van der Waals surface area contributed by atoms with E-state index in [9.17, 15) is 9.59 Å². The van der Waals surface area contributed by atoms with Crippen molar-refractivity contribution >= 4 is 23.4 Å². The number of hydrogen-bond acceptors (Lipinski definition) is 6. The zero-order valence-corrected chi connectivity index (χ0v) is 19.1. The Bertz CT molecular complexity index is 1040. The summed E-state index contributed by atoms with van der Waals surface area (Å²) in [6.07, 6.45) is 3.80. The number of nitrogens with one attached hydrogen (secondary N) is 2. The summed E-state index contributed by atoms with van der Waals surface area (Å²) in [6, 6.07) is 9.54. The average Bonchev–Trinajstić information content (AvgIpc) is 3.78. The molecule has 1 aromatic carbocycles. The number of urea groups is 1. The molecule has 1 aromatic heterocycles. The van der Waals surface area contributed by atoms with Crippen LogP contribution in [0.5, 0.6) is 0 Å². The fraction of sp³-hybridized carbons (Fsp3) is 0.500. The normalized spacial score (nSPS) is 19.0. The molecule has 9 nitrogen and oxygen atoms in total. The first kappa shape index (κ1) is 21.6. The molecule has 5 rings (SSSR count). The van der Waals surface area contributed by atoms with E-state index in [4.69, 9.17) is 14.7 Å². The zero-order valence-electron chi connectivity index (χ0n) is 19.1. The number of amides is 3. The highest BCUT2D eigenvalue weighted by Gasteiger charge is 2.55. The van der Waals surface area contributed by atoms with Gasteiger partial charge in [0.05, 0.1) is 24.3 Å². The lowest BCUT2D eigenvalue weighted by Crippen LogP contribution is -2.39. The number of anilines is 2. The summed E-state index contributed by atoms with van der Waals surface area (Å²) >= 11 is 0. The van der Waals surface area contributed by atoms with Gasteiger partial charge in [-0.15, -0.1) is 0 Å². The third-order valence-corrected chi connectivity index (χ3v) is 6.74. The molecule has 0 spiro atoms. The van der Waals surface area contributed by atoms with Crippen molar-refractivity contribution in [3.8, 4) is 11.4 Å². The van der Waals surface area contributed by atoms with Crippen LogP contribution >= 0.6 is 0 Å². The minimum Gasteiger partial charge on any atom is -0.378 e. The molecule has 2 heterocycles. The van der Waals surface area contributed by atoms with E-state index in [-0.39, 0.29) is 11.9 Å². The largest absolute Gasteiger partial charge is 0.378 e. The predicted octanol–water partition coefficient (Wildman–Crippen LogP) is 2.38. The van der Waals surface area contributed by atoms with Gasteiger partial charge in [0.2, 0.25) is 5.91 Å². The number of carbonyl (C=O) groups is 2. The van der Waals surface area contributed by atoms with E-state index in [1.54, 1.807) is 7.05 Å². The number of morpholine rings is 1. The van der Waals surface area contributed by atoms with Gasteiger partial charge in [0, 0.05) is 50.5 Å². The number of benzene rings is 1. The van der Waals surface area contributed by atoms with Crippen LogP contribution in [0.4, 0.5) is 16.3 Å². The molecule has 0 bridgehead atoms. The van der Waals surface area contributed by atoms with E-state index in [0.29, 0.717) is 30.8 Å². The van der Waals surface area contributed by atoms with E-state index in [2.05, 4.69) is 15.5 Å². The van der Waals surface area contributed by atoms with Gasteiger partial charge in [-0.25, -0.2) is 14.8 Å². The van der Waals surface area contributed by atoms with Crippen LogP contribution in [0.25, 0.3) is 11.4 Å². The van der Waals surface area contributed by atoms with Crippen molar-refractivity contribution < 1.29 is 14.3 Å². The minimum absolute atomic E-state index is 0.174. The molecule has 0 atom stereocenters. The third-order valence-electron chi connectivity index (χ3n) is 6.74. The van der Waals surface area contributed by atoms with Crippen molar-refractivity contribution in [2.75, 3.05) is 50.6 Å². The summed E-state index contributed by atoms with van der Waals surface area (Å²) in [5.74, 6) is 1.60. The quantitative estimate of drug-likeness (QED) is 0.701. The SMILES string of the molecule is CNC(=O)Nc1ccc(-c2nc(N3CCOCC3)cc(C3(C(=O)N(C)C4CC4)CC3)n2)cc1. The molecule has 174 valence electrons. The first-order chi connectivity index (χ1) is 16.0. The fourth-order valence-corrected chi connectivity index (χ4v) is 4.33. The number of hydrogen-bond donors (Lipinski definition) is 2. The second-order valence-electron chi connectivity index (χ2n) is 9.05. The summed E-state index contributed by atoms with van der Waals surface area (Å²) in [7, 11) is 3.50. The highest BCUT2D eigenvalue weighted by molar-refractivity contribution is 5.91. The monoisotopic (exact) mass is 450 g/mol. The number of aromatic nitrogens is 2. The smallest absolute Gasteiger partial charge is 0.318 e. The summed E-state index contributed by atoms with van der Waals surface area (Å²) in [5, 5.41) is 5.30. The molecular weight excluding hydrogens is 420 g/mol. The molecule has 9 heteroatoms. The number of carbonyl (C=O) groups excluding carboxylic acids is 2. The lowest BCUT2D eigenvalue weighted by atomic mass is 9.99. The molecular formula is C24H30N6O3. The summed E-state index contributed by atoms with van der Waals surface area (Å²) in [4.78, 5) is 38.9. The van der Waals surface area contributed by atoms with Crippen LogP contribution in [0, 0.1) is 0 Å². The Labute approximate surface area is 193 Å². The van der Waals surface area contributed by atoms with E-state index >= 15 is 0 Å². The van der Waals surface area contributed by atoms with Crippen LogP contribution in [0.15, 0.2) is 30.3 Å². The topological polar surface area (TPSA) is 99.7 Å². The van der Waals surface area contributed by atoms with Gasteiger partial charge >= 0.3 is 6.03 Å². The zero-order chi connectivity index (χ0) is 23.0. The van der Waals surface area contributed by atoms with Crippen molar-refractivity contribution in [3.05, 3.63) is 36.0 Å². The number of ether oxygens (including phenoxy) is 1. The molecule has 2 aromatic rings. The van der Waals surface area contributed by atoms with Crippen LogP contribution in [-0.4, -0.2) is 73.2 Å². The highest BCUT2D eigenvalue weighted by atomic mass is 16.5. The Balaban J connectivity index is 1.50. The standard InChI is InChI=1S/C24H30N6O3/c1-25-23(32)26-17-5-3-16(4-6-17)21-27-19(15-20(28-21)30-11-13-33-14-12-30)24(9-10-24)22(31)29(2)18-7-8-18/h3-6,15,18H,7-14H2,1-2H3,(H2,25,26,32). The molecule has 3 aliphatic rings. The molecule has 2 aliphatic carbocycles. The van der Waals surface area contributed by atoms with Crippen LogP contribution in [0.1, 0.15) is 31.4 Å². The summed E-state index contributed by atoms with van der Waals surface area (Å²) < 4.78 is 5.52. The Hall–Kier alpha value is -3.20. The minimum atomic E-state index is -0.545. The molecule has 0 unspecified atom stereocenters. The second-order valence-corrected chi connectivity index (χ2v) is 9.05. The van der Waals surface area contributed by atoms with Gasteiger partial charge in [-0.3, -0.25) is 4.79 Å². The van der Waals surface area contributed by atoms with Crippen molar-refractivity contribution in [2.45, 2.75) is 37.1 Å². The van der Waals surface area contributed by atoms with Crippen molar-refractivity contribution in [3.63, 3.8) is 0 Å². The lowest BCUT2D eigenvalue weighted by Gasteiger charge is -2.29.